The molecule has 2 saturated carbocycles. The Morgan fingerprint density at radius 2 is 1.35 bits per heavy atom. The zero-order valence-electron chi connectivity index (χ0n) is 38.5. The molecule has 3 aliphatic heterocycles. The molecule has 5 fully saturated rings. The van der Waals surface area contributed by atoms with E-state index < -0.39 is 17.2 Å². The van der Waals surface area contributed by atoms with Crippen molar-refractivity contribution in [3.63, 3.8) is 0 Å². The van der Waals surface area contributed by atoms with Gasteiger partial charge in [0, 0.05) is 86.4 Å². The minimum atomic E-state index is -0.700. The Balaban J connectivity index is 0.000000184. The number of halogens is 2. The van der Waals surface area contributed by atoms with Crippen molar-refractivity contribution in [2.45, 2.75) is 76.3 Å². The fourth-order valence-electron chi connectivity index (χ4n) is 10.5. The SMILES string of the molecule is CN1CCN(C(=O)c2nc[nH]c2C(=O)NC2CCC3(CC2)CCN(c2cccc(Cl)c2)C3=O)CC1.COCCNC(=O)c1ncn(C2CCC3(CC2)CCN(c2cccc(Cl)c2)C3=O)c1C(N)=O. The summed E-state index contributed by atoms with van der Waals surface area (Å²) in [4.78, 5) is 96.1. The number of amides is 6. The van der Waals surface area contributed by atoms with Gasteiger partial charge in [-0.3, -0.25) is 28.8 Å². The molecule has 18 nitrogen and oxygen atoms in total. The van der Waals surface area contributed by atoms with Gasteiger partial charge in [-0.05, 0) is 108 Å². The second-order valence-electron chi connectivity index (χ2n) is 18.6. The number of benzene rings is 2. The van der Waals surface area contributed by atoms with E-state index >= 15 is 0 Å². The van der Waals surface area contributed by atoms with Crippen molar-refractivity contribution in [1.82, 2.24) is 40.0 Å². The number of nitrogens with zero attached hydrogens (tertiary/aromatic N) is 7. The summed E-state index contributed by atoms with van der Waals surface area (Å²) < 4.78 is 6.64. The van der Waals surface area contributed by atoms with Crippen LogP contribution in [-0.4, -0.2) is 137 Å². The van der Waals surface area contributed by atoms with Gasteiger partial charge in [-0.15, -0.1) is 0 Å². The highest BCUT2D eigenvalue weighted by Crippen LogP contribution is 2.49. The van der Waals surface area contributed by atoms with Gasteiger partial charge in [-0.2, -0.15) is 0 Å². The summed E-state index contributed by atoms with van der Waals surface area (Å²) in [7, 11) is 3.56. The van der Waals surface area contributed by atoms with E-state index in [0.717, 1.165) is 63.0 Å². The fourth-order valence-corrected chi connectivity index (χ4v) is 10.9. The van der Waals surface area contributed by atoms with Crippen LogP contribution in [0.1, 0.15) is 112 Å². The Hall–Kier alpha value is -5.82. The number of imidazole rings is 2. The predicted molar refractivity (Wildman–Crippen MR) is 256 cm³/mol. The number of aromatic nitrogens is 4. The number of piperazine rings is 1. The van der Waals surface area contributed by atoms with Crippen LogP contribution in [0.2, 0.25) is 10.0 Å². The number of anilines is 2. The molecule has 2 spiro atoms. The number of likely N-dealkylation sites (N-methyl/N-ethyl adjacent to an activating group) is 1. The quantitative estimate of drug-likeness (QED) is 0.146. The summed E-state index contributed by atoms with van der Waals surface area (Å²) in [5, 5.41) is 6.96. The maximum absolute atomic E-state index is 13.4. The van der Waals surface area contributed by atoms with Crippen molar-refractivity contribution in [3.05, 3.63) is 94.0 Å². The van der Waals surface area contributed by atoms with E-state index in [2.05, 4.69) is 30.5 Å². The lowest BCUT2D eigenvalue weighted by atomic mass is 9.71. The third kappa shape index (κ3) is 10.1. The minimum Gasteiger partial charge on any atom is -0.383 e. The maximum Gasteiger partial charge on any atom is 0.274 e. The van der Waals surface area contributed by atoms with Crippen LogP contribution in [0.25, 0.3) is 0 Å². The normalized spacial score (nSPS) is 24.0. The Kier molecular flexibility index (Phi) is 14.9. The molecular weight excluding hydrogens is 914 g/mol. The molecule has 0 radical (unpaired) electrons. The van der Waals surface area contributed by atoms with Crippen molar-refractivity contribution in [3.8, 4) is 0 Å². The van der Waals surface area contributed by atoms with Gasteiger partial charge in [0.15, 0.2) is 11.4 Å². The molecule has 68 heavy (non-hydrogen) atoms. The number of rotatable bonds is 11. The van der Waals surface area contributed by atoms with E-state index in [9.17, 15) is 28.8 Å². The maximum atomic E-state index is 13.4. The lowest BCUT2D eigenvalue weighted by molar-refractivity contribution is -0.128. The fraction of sp³-hybridized carbons (Fsp3) is 0.500. The molecule has 362 valence electrons. The van der Waals surface area contributed by atoms with Crippen LogP contribution >= 0.6 is 23.2 Å². The van der Waals surface area contributed by atoms with Gasteiger partial charge in [0.2, 0.25) is 11.8 Å². The Labute approximate surface area is 405 Å². The topological polar surface area (TPSA) is 221 Å². The molecule has 2 aromatic heterocycles. The number of nitrogens with one attached hydrogen (secondary N) is 3. The molecule has 2 aromatic carbocycles. The van der Waals surface area contributed by atoms with Crippen molar-refractivity contribution in [1.29, 1.82) is 0 Å². The second-order valence-corrected chi connectivity index (χ2v) is 19.5. The molecule has 5 N–H and O–H groups in total. The molecule has 0 bridgehead atoms. The highest BCUT2D eigenvalue weighted by molar-refractivity contribution is 6.31. The van der Waals surface area contributed by atoms with Crippen LogP contribution in [-0.2, 0) is 14.3 Å². The number of aromatic amines is 1. The number of hydrogen-bond acceptors (Lipinski definition) is 10. The van der Waals surface area contributed by atoms with Crippen LogP contribution in [0.4, 0.5) is 11.4 Å². The number of carbonyl (C=O) groups is 6. The van der Waals surface area contributed by atoms with Gasteiger partial charge in [-0.25, -0.2) is 9.97 Å². The highest BCUT2D eigenvalue weighted by Gasteiger charge is 2.50. The lowest BCUT2D eigenvalue weighted by Gasteiger charge is -2.36. The Bertz CT molecular complexity index is 2520. The number of carbonyl (C=O) groups excluding carboxylic acids is 6. The number of primary amides is 1. The Morgan fingerprint density at radius 3 is 1.90 bits per heavy atom. The number of H-pyrrole nitrogens is 1. The molecule has 0 atom stereocenters. The van der Waals surface area contributed by atoms with Crippen molar-refractivity contribution in [2.24, 2.45) is 16.6 Å². The third-order valence-corrected chi connectivity index (χ3v) is 15.0. The zero-order chi connectivity index (χ0) is 48.2. The summed E-state index contributed by atoms with van der Waals surface area (Å²) in [6.07, 6.45) is 10.2. The smallest absolute Gasteiger partial charge is 0.274 e. The molecular formula is C48H59Cl2N11O7. The second kappa shape index (κ2) is 20.8. The number of ether oxygens (including phenoxy) is 1. The largest absolute Gasteiger partial charge is 0.383 e. The molecule has 4 aromatic rings. The predicted octanol–water partition coefficient (Wildman–Crippen LogP) is 5.10. The van der Waals surface area contributed by atoms with Gasteiger partial charge in [0.05, 0.1) is 30.1 Å². The van der Waals surface area contributed by atoms with Crippen LogP contribution in [0, 0.1) is 10.8 Å². The van der Waals surface area contributed by atoms with E-state index in [4.69, 9.17) is 33.7 Å². The van der Waals surface area contributed by atoms with Crippen LogP contribution < -0.4 is 26.2 Å². The van der Waals surface area contributed by atoms with Crippen molar-refractivity contribution in [2.75, 3.05) is 76.4 Å². The molecule has 9 rings (SSSR count). The van der Waals surface area contributed by atoms with E-state index in [1.807, 2.05) is 53.2 Å². The lowest BCUT2D eigenvalue weighted by Crippen LogP contribution is -2.48. The molecule has 20 heteroatoms. The first-order chi connectivity index (χ1) is 32.7. The average molecular weight is 973 g/mol. The minimum absolute atomic E-state index is 0.0166. The number of hydrogen-bond donors (Lipinski definition) is 4. The van der Waals surface area contributed by atoms with Crippen LogP contribution in [0.15, 0.2) is 61.2 Å². The first kappa shape index (κ1) is 48.6. The molecule has 6 amide bonds. The number of nitrogens with two attached hydrogens (primary N) is 1. The Morgan fingerprint density at radius 1 is 0.779 bits per heavy atom. The van der Waals surface area contributed by atoms with Gasteiger partial charge >= 0.3 is 0 Å². The number of methoxy groups -OCH3 is 1. The standard InChI is InChI=1S/C25H31ClN6O3.C23H28ClN5O4/c1-30-11-13-31(14-12-30)23(34)21-20(27-16-28-21)22(33)29-18-5-7-25(8-6-18)9-10-32(24(25)35)19-4-2-3-17(26)15-19;1-33-12-10-26-21(31)18-19(20(25)30)29(14-27-18)16-5-7-23(8-6-16)9-11-28(22(23)32)17-4-2-3-15(24)13-17/h2-4,15-16,18H,5-14H2,1H3,(H,27,28)(H,29,33);2-4,13-14,16H,5-12H2,1H3,(H2,25,30)(H,26,31). The summed E-state index contributed by atoms with van der Waals surface area (Å²) in [5.74, 6) is -1.42. The van der Waals surface area contributed by atoms with Crippen molar-refractivity contribution < 1.29 is 33.5 Å². The van der Waals surface area contributed by atoms with Gasteiger partial charge in [0.25, 0.3) is 23.6 Å². The van der Waals surface area contributed by atoms with Gasteiger partial charge in [-0.1, -0.05) is 35.3 Å². The summed E-state index contributed by atoms with van der Waals surface area (Å²) in [6.45, 7) is 4.84. The van der Waals surface area contributed by atoms with E-state index in [-0.39, 0.29) is 63.9 Å². The summed E-state index contributed by atoms with van der Waals surface area (Å²) in [6, 6.07) is 14.7. The van der Waals surface area contributed by atoms with Crippen LogP contribution in [0.5, 0.6) is 0 Å². The van der Waals surface area contributed by atoms with E-state index in [0.29, 0.717) is 75.1 Å². The first-order valence-electron chi connectivity index (χ1n) is 23.3. The van der Waals surface area contributed by atoms with Gasteiger partial charge in [0.1, 0.15) is 11.4 Å². The first-order valence-corrected chi connectivity index (χ1v) is 24.1. The average Bonchev–Trinajstić information content (AvgIpc) is 4.14. The van der Waals surface area contributed by atoms with Crippen molar-refractivity contribution >= 4 is 70.0 Å². The molecule has 2 aliphatic carbocycles. The summed E-state index contributed by atoms with van der Waals surface area (Å²) >= 11 is 12.2. The monoisotopic (exact) mass is 971 g/mol. The molecule has 0 unspecified atom stereocenters. The third-order valence-electron chi connectivity index (χ3n) is 14.5. The summed E-state index contributed by atoms with van der Waals surface area (Å²) in [5.41, 5.74) is 6.98. The molecule has 5 aliphatic rings. The van der Waals surface area contributed by atoms with E-state index in [1.165, 1.54) is 19.8 Å². The van der Waals surface area contributed by atoms with E-state index in [1.54, 1.807) is 21.6 Å². The molecule has 3 saturated heterocycles. The van der Waals surface area contributed by atoms with Gasteiger partial charge < -0.3 is 50.3 Å². The zero-order valence-corrected chi connectivity index (χ0v) is 40.0. The molecule has 5 heterocycles. The highest BCUT2D eigenvalue weighted by atomic mass is 35.5. The van der Waals surface area contributed by atoms with Crippen LogP contribution in [0.3, 0.4) is 0 Å².